The zero-order valence-corrected chi connectivity index (χ0v) is 11.7. The van der Waals surface area contributed by atoms with Crippen LogP contribution in [0.3, 0.4) is 0 Å². The Labute approximate surface area is 116 Å². The topological polar surface area (TPSA) is 32.5 Å². The molecule has 3 nitrogen and oxygen atoms in total. The zero-order chi connectivity index (χ0) is 13.1. The van der Waals surface area contributed by atoms with Crippen LogP contribution in [0.2, 0.25) is 0 Å². The van der Waals surface area contributed by atoms with Gasteiger partial charge in [0.1, 0.15) is 0 Å². The van der Waals surface area contributed by atoms with Crippen molar-refractivity contribution in [3.05, 3.63) is 35.9 Å². The fraction of sp³-hybridized carbons (Fsp3) is 0.625. The average molecular weight is 259 g/mol. The van der Waals surface area contributed by atoms with Crippen LogP contribution in [-0.2, 0) is 6.54 Å². The Bertz CT molecular complexity index is 378. The molecule has 0 radical (unpaired) electrons. The van der Waals surface area contributed by atoms with Crippen LogP contribution >= 0.6 is 0 Å². The first kappa shape index (κ1) is 13.1. The molecule has 2 heterocycles. The van der Waals surface area contributed by atoms with Crippen LogP contribution in [0, 0.1) is 5.92 Å². The molecule has 19 heavy (non-hydrogen) atoms. The molecular formula is C16H25N3. The van der Waals surface area contributed by atoms with Gasteiger partial charge in [-0.1, -0.05) is 30.3 Å². The summed E-state index contributed by atoms with van der Waals surface area (Å²) in [6.45, 7) is 7.11. The van der Waals surface area contributed by atoms with E-state index in [2.05, 4.69) is 40.1 Å². The van der Waals surface area contributed by atoms with E-state index in [4.69, 9.17) is 5.73 Å². The summed E-state index contributed by atoms with van der Waals surface area (Å²) in [5.74, 6) is 0.888. The van der Waals surface area contributed by atoms with Crippen molar-refractivity contribution in [3.8, 4) is 0 Å². The first-order chi connectivity index (χ1) is 9.29. The van der Waals surface area contributed by atoms with E-state index >= 15 is 0 Å². The lowest BCUT2D eigenvalue weighted by molar-refractivity contribution is 0.0917. The van der Waals surface area contributed by atoms with Gasteiger partial charge in [-0.3, -0.25) is 9.80 Å². The highest BCUT2D eigenvalue weighted by molar-refractivity contribution is 5.14. The predicted molar refractivity (Wildman–Crippen MR) is 78.9 cm³/mol. The van der Waals surface area contributed by atoms with E-state index < -0.39 is 0 Å². The van der Waals surface area contributed by atoms with Gasteiger partial charge in [0.2, 0.25) is 0 Å². The summed E-state index contributed by atoms with van der Waals surface area (Å²) in [6.07, 6.45) is 2.69. The summed E-state index contributed by atoms with van der Waals surface area (Å²) in [7, 11) is 0. The van der Waals surface area contributed by atoms with E-state index in [0.717, 1.165) is 25.6 Å². The first-order valence-corrected chi connectivity index (χ1v) is 7.54. The predicted octanol–water partition coefficient (Wildman–Crippen LogP) is 1.54. The SMILES string of the molecule is NC1CN(CC2CCN(Cc3ccccc3)CC2)C1. The van der Waals surface area contributed by atoms with Crippen LogP contribution in [0.15, 0.2) is 30.3 Å². The molecule has 2 N–H and O–H groups in total. The maximum Gasteiger partial charge on any atom is 0.0297 e. The van der Waals surface area contributed by atoms with Crippen molar-refractivity contribution in [3.63, 3.8) is 0 Å². The fourth-order valence-electron chi connectivity index (χ4n) is 3.29. The molecule has 1 aromatic rings. The standard InChI is InChI=1S/C16H25N3/c17-16-12-19(13-16)11-15-6-8-18(9-7-15)10-14-4-2-1-3-5-14/h1-5,15-16H,6-13,17H2. The maximum atomic E-state index is 5.83. The van der Waals surface area contributed by atoms with Crippen LogP contribution in [0.4, 0.5) is 0 Å². The highest BCUT2D eigenvalue weighted by Crippen LogP contribution is 2.21. The van der Waals surface area contributed by atoms with Gasteiger partial charge in [0, 0.05) is 32.2 Å². The van der Waals surface area contributed by atoms with E-state index in [9.17, 15) is 0 Å². The Morgan fingerprint density at radius 3 is 2.32 bits per heavy atom. The number of benzene rings is 1. The van der Waals surface area contributed by atoms with Crippen LogP contribution in [0.25, 0.3) is 0 Å². The second-order valence-corrected chi connectivity index (χ2v) is 6.18. The molecule has 3 rings (SSSR count). The average Bonchev–Trinajstić information content (AvgIpc) is 2.40. The minimum absolute atomic E-state index is 0.443. The van der Waals surface area contributed by atoms with E-state index in [1.54, 1.807) is 0 Å². The third-order valence-electron chi connectivity index (χ3n) is 4.46. The maximum absolute atomic E-state index is 5.83. The molecule has 0 saturated carbocycles. The van der Waals surface area contributed by atoms with E-state index in [-0.39, 0.29) is 0 Å². The van der Waals surface area contributed by atoms with Gasteiger partial charge in [-0.15, -0.1) is 0 Å². The molecule has 0 atom stereocenters. The lowest BCUT2D eigenvalue weighted by atomic mass is 9.94. The van der Waals surface area contributed by atoms with Gasteiger partial charge >= 0.3 is 0 Å². The van der Waals surface area contributed by atoms with Crippen LogP contribution < -0.4 is 5.73 Å². The van der Waals surface area contributed by atoms with Crippen molar-refractivity contribution in [2.24, 2.45) is 11.7 Å². The molecule has 104 valence electrons. The number of nitrogens with zero attached hydrogens (tertiary/aromatic N) is 2. The number of hydrogen-bond acceptors (Lipinski definition) is 3. The summed E-state index contributed by atoms with van der Waals surface area (Å²) >= 11 is 0. The molecule has 0 aliphatic carbocycles. The molecule has 0 unspecified atom stereocenters. The number of rotatable bonds is 4. The van der Waals surface area contributed by atoms with Gasteiger partial charge in [0.05, 0.1) is 0 Å². The Morgan fingerprint density at radius 1 is 1.00 bits per heavy atom. The molecule has 0 spiro atoms. The molecule has 0 aromatic heterocycles. The highest BCUT2D eigenvalue weighted by Gasteiger charge is 2.27. The van der Waals surface area contributed by atoms with Crippen molar-refractivity contribution in [1.29, 1.82) is 0 Å². The quantitative estimate of drug-likeness (QED) is 0.890. The minimum Gasteiger partial charge on any atom is -0.325 e. The van der Waals surface area contributed by atoms with Gasteiger partial charge in [-0.05, 0) is 37.4 Å². The zero-order valence-electron chi connectivity index (χ0n) is 11.7. The molecule has 2 saturated heterocycles. The molecule has 2 aliphatic rings. The molecule has 1 aromatic carbocycles. The van der Waals surface area contributed by atoms with Gasteiger partial charge in [0.15, 0.2) is 0 Å². The van der Waals surface area contributed by atoms with Crippen LogP contribution in [0.1, 0.15) is 18.4 Å². The monoisotopic (exact) mass is 259 g/mol. The second-order valence-electron chi connectivity index (χ2n) is 6.18. The third kappa shape index (κ3) is 3.56. The summed E-state index contributed by atoms with van der Waals surface area (Å²) in [4.78, 5) is 5.11. The third-order valence-corrected chi connectivity index (χ3v) is 4.46. The van der Waals surface area contributed by atoms with Gasteiger partial charge < -0.3 is 5.73 Å². The molecule has 2 aliphatic heterocycles. The smallest absolute Gasteiger partial charge is 0.0297 e. The molecule has 0 amide bonds. The normalized spacial score (nSPS) is 23.4. The van der Waals surface area contributed by atoms with Crippen molar-refractivity contribution in [2.45, 2.75) is 25.4 Å². The van der Waals surface area contributed by atoms with E-state index in [1.165, 1.54) is 38.0 Å². The molecule has 2 fully saturated rings. The Balaban J connectivity index is 1.40. The number of nitrogens with two attached hydrogens (primary N) is 1. The molecule has 3 heteroatoms. The summed E-state index contributed by atoms with van der Waals surface area (Å²) in [5.41, 5.74) is 7.27. The Hall–Kier alpha value is -0.900. The summed E-state index contributed by atoms with van der Waals surface area (Å²) in [6, 6.07) is 11.3. The van der Waals surface area contributed by atoms with Gasteiger partial charge in [0.25, 0.3) is 0 Å². The van der Waals surface area contributed by atoms with Crippen LogP contribution in [0.5, 0.6) is 0 Å². The lowest BCUT2D eigenvalue weighted by Gasteiger charge is -2.41. The lowest BCUT2D eigenvalue weighted by Crippen LogP contribution is -2.57. The largest absolute Gasteiger partial charge is 0.325 e. The summed E-state index contributed by atoms with van der Waals surface area (Å²) < 4.78 is 0. The van der Waals surface area contributed by atoms with Crippen molar-refractivity contribution < 1.29 is 0 Å². The summed E-state index contributed by atoms with van der Waals surface area (Å²) in [5, 5.41) is 0. The molecular weight excluding hydrogens is 234 g/mol. The van der Waals surface area contributed by atoms with E-state index in [1.807, 2.05) is 0 Å². The second kappa shape index (κ2) is 6.04. The van der Waals surface area contributed by atoms with Crippen molar-refractivity contribution in [2.75, 3.05) is 32.7 Å². The van der Waals surface area contributed by atoms with E-state index in [0.29, 0.717) is 6.04 Å². The Morgan fingerprint density at radius 2 is 1.68 bits per heavy atom. The fourth-order valence-corrected chi connectivity index (χ4v) is 3.29. The highest BCUT2D eigenvalue weighted by atomic mass is 15.2. The van der Waals surface area contributed by atoms with Crippen LogP contribution in [-0.4, -0.2) is 48.6 Å². The van der Waals surface area contributed by atoms with Gasteiger partial charge in [-0.2, -0.15) is 0 Å². The van der Waals surface area contributed by atoms with Gasteiger partial charge in [-0.25, -0.2) is 0 Å². The number of hydrogen-bond donors (Lipinski definition) is 1. The van der Waals surface area contributed by atoms with Crippen molar-refractivity contribution >= 4 is 0 Å². The minimum atomic E-state index is 0.443. The number of piperidine rings is 1. The first-order valence-electron chi connectivity index (χ1n) is 7.54. The number of likely N-dealkylation sites (tertiary alicyclic amines) is 2. The molecule has 0 bridgehead atoms. The van der Waals surface area contributed by atoms with Crippen molar-refractivity contribution in [1.82, 2.24) is 9.80 Å². The Kier molecular flexibility index (Phi) is 4.16.